The van der Waals surface area contributed by atoms with Gasteiger partial charge in [-0.05, 0) is 13.8 Å². The topological polar surface area (TPSA) is 75.6 Å². The zero-order valence-corrected chi connectivity index (χ0v) is 10.6. The summed E-state index contributed by atoms with van der Waals surface area (Å²) in [5, 5.41) is 8.71. The minimum Gasteiger partial charge on any atom is -0.481 e. The molecule has 0 bridgehead atoms. The van der Waals surface area contributed by atoms with E-state index in [1.165, 1.54) is 6.33 Å². The maximum Gasteiger partial charge on any atom is 0.303 e. The van der Waals surface area contributed by atoms with Gasteiger partial charge in [0, 0.05) is 19.0 Å². The Hall–Kier alpha value is -1.85. The van der Waals surface area contributed by atoms with Gasteiger partial charge in [-0.3, -0.25) is 4.79 Å². The molecule has 0 unspecified atom stereocenters. The van der Waals surface area contributed by atoms with E-state index in [4.69, 9.17) is 9.84 Å². The third-order valence-electron chi connectivity index (χ3n) is 3.01. The number of carboxylic acid groups (broad SMARTS) is 1. The fourth-order valence-electron chi connectivity index (χ4n) is 2.15. The molecule has 0 radical (unpaired) electrons. The molecule has 6 heteroatoms. The van der Waals surface area contributed by atoms with Gasteiger partial charge in [0.25, 0.3) is 0 Å². The quantitative estimate of drug-likeness (QED) is 0.844. The van der Waals surface area contributed by atoms with Gasteiger partial charge in [-0.25, -0.2) is 9.97 Å². The van der Waals surface area contributed by atoms with Crippen LogP contribution in [0, 0.1) is 12.8 Å². The molecule has 98 valence electrons. The maximum absolute atomic E-state index is 10.6. The monoisotopic (exact) mass is 251 g/mol. The second kappa shape index (κ2) is 5.20. The molecular weight excluding hydrogens is 234 g/mol. The van der Waals surface area contributed by atoms with Crippen LogP contribution in [0.3, 0.4) is 0 Å². The van der Waals surface area contributed by atoms with Crippen LogP contribution in [0.2, 0.25) is 0 Å². The molecule has 1 saturated heterocycles. The maximum atomic E-state index is 10.6. The lowest BCUT2D eigenvalue weighted by atomic mass is 9.96. The van der Waals surface area contributed by atoms with Crippen LogP contribution in [0.4, 0.5) is 5.82 Å². The smallest absolute Gasteiger partial charge is 0.303 e. The number of ether oxygens (including phenoxy) is 1. The molecule has 2 heterocycles. The van der Waals surface area contributed by atoms with E-state index < -0.39 is 5.97 Å². The molecule has 0 spiro atoms. The number of anilines is 1. The molecule has 0 saturated carbocycles. The second-order valence-electron chi connectivity index (χ2n) is 4.43. The predicted molar refractivity (Wildman–Crippen MR) is 65.9 cm³/mol. The summed E-state index contributed by atoms with van der Waals surface area (Å²) in [6.45, 7) is 5.86. The molecule has 0 aromatic carbocycles. The molecule has 1 aliphatic heterocycles. The summed E-state index contributed by atoms with van der Waals surface area (Å²) >= 11 is 0. The normalized spacial score (nSPS) is 15.3. The summed E-state index contributed by atoms with van der Waals surface area (Å²) in [5.74, 6) is 0.917. The average molecular weight is 251 g/mol. The zero-order valence-electron chi connectivity index (χ0n) is 10.6. The zero-order chi connectivity index (χ0) is 13.1. The highest BCUT2D eigenvalue weighted by atomic mass is 16.5. The van der Waals surface area contributed by atoms with Gasteiger partial charge < -0.3 is 14.7 Å². The molecule has 18 heavy (non-hydrogen) atoms. The number of aromatic nitrogens is 2. The van der Waals surface area contributed by atoms with Crippen LogP contribution in [0.25, 0.3) is 0 Å². The third-order valence-corrected chi connectivity index (χ3v) is 3.01. The Labute approximate surface area is 106 Å². The number of hydrogen-bond donors (Lipinski definition) is 1. The molecule has 1 N–H and O–H groups in total. The summed E-state index contributed by atoms with van der Waals surface area (Å²) in [5.41, 5.74) is 0.910. The first-order valence-corrected chi connectivity index (χ1v) is 6.03. The summed E-state index contributed by atoms with van der Waals surface area (Å²) in [6, 6.07) is 0. The van der Waals surface area contributed by atoms with Gasteiger partial charge in [-0.1, -0.05) is 0 Å². The molecular formula is C12H17N3O3. The number of rotatable bonds is 5. The first kappa shape index (κ1) is 12.6. The van der Waals surface area contributed by atoms with Gasteiger partial charge in [0.2, 0.25) is 5.88 Å². The number of aliphatic carboxylic acids is 1. The van der Waals surface area contributed by atoms with Crippen molar-refractivity contribution in [2.45, 2.75) is 20.3 Å². The van der Waals surface area contributed by atoms with E-state index in [9.17, 15) is 4.79 Å². The number of carbonyl (C=O) groups is 1. The first-order chi connectivity index (χ1) is 8.61. The summed E-state index contributed by atoms with van der Waals surface area (Å²) in [7, 11) is 0. The van der Waals surface area contributed by atoms with Gasteiger partial charge >= 0.3 is 5.97 Å². The van der Waals surface area contributed by atoms with Crippen LogP contribution in [0.5, 0.6) is 5.88 Å². The highest BCUT2D eigenvalue weighted by molar-refractivity contribution is 5.68. The van der Waals surface area contributed by atoms with Crippen molar-refractivity contribution >= 4 is 11.8 Å². The summed E-state index contributed by atoms with van der Waals surface area (Å²) < 4.78 is 5.42. The molecule has 2 rings (SSSR count). The molecule has 0 amide bonds. The Morgan fingerprint density at radius 1 is 1.56 bits per heavy atom. The van der Waals surface area contributed by atoms with Crippen molar-refractivity contribution in [1.82, 2.24) is 9.97 Å². The van der Waals surface area contributed by atoms with Crippen LogP contribution in [-0.4, -0.2) is 40.7 Å². The second-order valence-corrected chi connectivity index (χ2v) is 4.43. The Kier molecular flexibility index (Phi) is 3.64. The van der Waals surface area contributed by atoms with Crippen LogP contribution in [0.1, 0.15) is 18.9 Å². The summed E-state index contributed by atoms with van der Waals surface area (Å²) in [6.07, 6.45) is 1.71. The molecule has 1 fully saturated rings. The van der Waals surface area contributed by atoms with Crippen molar-refractivity contribution < 1.29 is 14.6 Å². The fraction of sp³-hybridized carbons (Fsp3) is 0.583. The highest BCUT2D eigenvalue weighted by Gasteiger charge is 2.31. The van der Waals surface area contributed by atoms with Crippen LogP contribution in [0.15, 0.2) is 6.33 Å². The largest absolute Gasteiger partial charge is 0.481 e. The van der Waals surface area contributed by atoms with Crippen LogP contribution in [-0.2, 0) is 4.79 Å². The van der Waals surface area contributed by atoms with Crippen molar-refractivity contribution in [2.75, 3.05) is 24.6 Å². The Morgan fingerprint density at radius 3 is 2.89 bits per heavy atom. The minimum atomic E-state index is -0.742. The third kappa shape index (κ3) is 2.52. The molecule has 6 nitrogen and oxygen atoms in total. The van der Waals surface area contributed by atoms with Crippen molar-refractivity contribution in [3.8, 4) is 5.88 Å². The van der Waals surface area contributed by atoms with Gasteiger partial charge in [0.15, 0.2) is 0 Å². The van der Waals surface area contributed by atoms with E-state index in [-0.39, 0.29) is 12.3 Å². The molecule has 0 atom stereocenters. The lowest BCUT2D eigenvalue weighted by Gasteiger charge is -2.40. The Morgan fingerprint density at radius 2 is 2.28 bits per heavy atom. The Balaban J connectivity index is 2.03. The molecule has 1 aliphatic rings. The van der Waals surface area contributed by atoms with Crippen LogP contribution >= 0.6 is 0 Å². The van der Waals surface area contributed by atoms with E-state index in [1.54, 1.807) is 0 Å². The SMILES string of the molecule is CCOc1ncnc(N2CC(CC(=O)O)C2)c1C. The van der Waals surface area contributed by atoms with Gasteiger partial charge in [-0.2, -0.15) is 0 Å². The standard InChI is InChI=1S/C12H17N3O3/c1-3-18-12-8(2)11(13-7-14-12)15-5-9(6-15)4-10(16)17/h7,9H,3-6H2,1-2H3,(H,16,17). The van der Waals surface area contributed by atoms with E-state index in [0.29, 0.717) is 12.5 Å². The highest BCUT2D eigenvalue weighted by Crippen LogP contribution is 2.30. The van der Waals surface area contributed by atoms with Crippen molar-refractivity contribution in [3.05, 3.63) is 11.9 Å². The van der Waals surface area contributed by atoms with Crippen molar-refractivity contribution in [3.63, 3.8) is 0 Å². The van der Waals surface area contributed by atoms with Crippen LogP contribution < -0.4 is 9.64 Å². The van der Waals surface area contributed by atoms with Gasteiger partial charge in [0.05, 0.1) is 18.6 Å². The fourth-order valence-corrected chi connectivity index (χ4v) is 2.15. The Bertz CT molecular complexity index is 444. The van der Waals surface area contributed by atoms with Crippen molar-refractivity contribution in [2.24, 2.45) is 5.92 Å². The van der Waals surface area contributed by atoms with E-state index in [2.05, 4.69) is 14.9 Å². The number of nitrogens with zero attached hydrogens (tertiary/aromatic N) is 3. The first-order valence-electron chi connectivity index (χ1n) is 6.03. The van der Waals surface area contributed by atoms with E-state index in [0.717, 1.165) is 24.5 Å². The van der Waals surface area contributed by atoms with E-state index >= 15 is 0 Å². The number of hydrogen-bond acceptors (Lipinski definition) is 5. The van der Waals surface area contributed by atoms with Gasteiger partial charge in [-0.15, -0.1) is 0 Å². The lowest BCUT2D eigenvalue weighted by molar-refractivity contribution is -0.138. The van der Waals surface area contributed by atoms with Crippen molar-refractivity contribution in [1.29, 1.82) is 0 Å². The van der Waals surface area contributed by atoms with Gasteiger partial charge in [0.1, 0.15) is 12.1 Å². The minimum absolute atomic E-state index is 0.215. The van der Waals surface area contributed by atoms with E-state index in [1.807, 2.05) is 13.8 Å². The molecule has 1 aromatic rings. The molecule has 0 aliphatic carbocycles. The average Bonchev–Trinajstić information content (AvgIpc) is 2.27. The number of carboxylic acids is 1. The lowest BCUT2D eigenvalue weighted by Crippen LogP contribution is -2.48. The summed E-state index contributed by atoms with van der Waals surface area (Å²) in [4.78, 5) is 21.0. The molecule has 1 aromatic heterocycles. The predicted octanol–water partition coefficient (Wildman–Crippen LogP) is 1.09.